The largest absolute Gasteiger partial charge is 0.480 e. The van der Waals surface area contributed by atoms with Crippen LogP contribution in [0.5, 0.6) is 0 Å². The summed E-state index contributed by atoms with van der Waals surface area (Å²) in [7, 11) is 0. The molecule has 2 N–H and O–H groups in total. The van der Waals surface area contributed by atoms with Gasteiger partial charge in [0.2, 0.25) is 0 Å². The fourth-order valence-electron chi connectivity index (χ4n) is 2.13. The third kappa shape index (κ3) is 3.04. The summed E-state index contributed by atoms with van der Waals surface area (Å²) in [6.07, 6.45) is -4.30. The Bertz CT molecular complexity index is 647. The first kappa shape index (κ1) is 14.2. The van der Waals surface area contributed by atoms with E-state index in [1.165, 1.54) is 4.57 Å². The van der Waals surface area contributed by atoms with Gasteiger partial charge in [0.25, 0.3) is 0 Å². The van der Waals surface area contributed by atoms with Crippen molar-refractivity contribution < 1.29 is 23.1 Å². The van der Waals surface area contributed by atoms with Crippen molar-refractivity contribution in [2.24, 2.45) is 0 Å². The molecule has 0 amide bonds. The fourth-order valence-corrected chi connectivity index (χ4v) is 2.13. The zero-order valence-electron chi connectivity index (χ0n) is 10.7. The molecule has 1 aromatic heterocycles. The lowest BCUT2D eigenvalue weighted by atomic mass is 10.2. The summed E-state index contributed by atoms with van der Waals surface area (Å²) >= 11 is 0. The number of halogens is 3. The number of aromatic nitrogens is 1. The van der Waals surface area contributed by atoms with E-state index in [0.29, 0.717) is 22.3 Å². The van der Waals surface area contributed by atoms with E-state index in [1.54, 1.807) is 31.2 Å². The summed E-state index contributed by atoms with van der Waals surface area (Å²) in [6, 6.07) is 6.44. The number of aliphatic carboxylic acids is 1. The number of nitrogens with zero attached hydrogens (tertiary/aromatic N) is 1. The lowest BCUT2D eigenvalue weighted by Crippen LogP contribution is -2.18. The van der Waals surface area contributed by atoms with Crippen LogP contribution in [0.4, 0.5) is 18.9 Å². The first-order chi connectivity index (χ1) is 9.28. The van der Waals surface area contributed by atoms with Crippen molar-refractivity contribution >= 4 is 22.6 Å². The first-order valence-corrected chi connectivity index (χ1v) is 5.89. The molecule has 0 saturated carbocycles. The highest BCUT2D eigenvalue weighted by molar-refractivity contribution is 5.94. The summed E-state index contributed by atoms with van der Waals surface area (Å²) in [6.45, 7) is 0.236. The number of hydrogen-bond donors (Lipinski definition) is 2. The minimum atomic E-state index is -4.30. The number of carbonyl (C=O) groups is 1. The Balaban J connectivity index is 2.44. The minimum Gasteiger partial charge on any atom is -0.480 e. The van der Waals surface area contributed by atoms with Gasteiger partial charge in [-0.25, -0.2) is 0 Å². The molecule has 0 fully saturated rings. The summed E-state index contributed by atoms with van der Waals surface area (Å²) in [5.74, 6) is -1.03. The van der Waals surface area contributed by atoms with Gasteiger partial charge in [0.05, 0.1) is 5.52 Å². The van der Waals surface area contributed by atoms with Gasteiger partial charge in [0.15, 0.2) is 0 Å². The predicted octanol–water partition coefficient (Wildman–Crippen LogP) is 3.01. The third-order valence-corrected chi connectivity index (χ3v) is 2.92. The number of hydrogen-bond acceptors (Lipinski definition) is 2. The zero-order valence-corrected chi connectivity index (χ0v) is 10.7. The number of carboxylic acid groups (broad SMARTS) is 1. The Morgan fingerprint density at radius 1 is 1.40 bits per heavy atom. The Kier molecular flexibility index (Phi) is 3.61. The van der Waals surface area contributed by atoms with E-state index >= 15 is 0 Å². The molecule has 0 bridgehead atoms. The first-order valence-electron chi connectivity index (χ1n) is 5.89. The number of rotatable bonds is 4. The molecule has 0 aliphatic carbocycles. The molecular formula is C13H13F3N2O2. The number of carboxylic acids is 1. The Morgan fingerprint density at radius 2 is 2.10 bits per heavy atom. The maximum absolute atomic E-state index is 12.6. The van der Waals surface area contributed by atoms with Crippen LogP contribution in [-0.2, 0) is 11.3 Å². The molecule has 1 aromatic carbocycles. The van der Waals surface area contributed by atoms with E-state index < -0.39 is 18.7 Å². The van der Waals surface area contributed by atoms with Crippen molar-refractivity contribution in [3.05, 3.63) is 30.0 Å². The maximum Gasteiger partial charge on any atom is 0.406 e. The third-order valence-electron chi connectivity index (χ3n) is 2.92. The zero-order chi connectivity index (χ0) is 14.9. The van der Waals surface area contributed by atoms with Crippen molar-refractivity contribution in [2.45, 2.75) is 19.6 Å². The average molecular weight is 286 g/mol. The molecule has 7 heteroatoms. The minimum absolute atomic E-state index is 0.289. The fraction of sp³-hybridized carbons (Fsp3) is 0.308. The van der Waals surface area contributed by atoms with Gasteiger partial charge in [-0.1, -0.05) is 6.07 Å². The Labute approximate surface area is 112 Å². The molecule has 0 aliphatic rings. The van der Waals surface area contributed by atoms with E-state index in [1.807, 2.05) is 0 Å². The smallest absolute Gasteiger partial charge is 0.406 e. The maximum atomic E-state index is 12.6. The molecule has 0 radical (unpaired) electrons. The average Bonchev–Trinajstić information content (AvgIpc) is 2.62. The van der Waals surface area contributed by atoms with E-state index in [0.717, 1.165) is 0 Å². The SMILES string of the molecule is Cc1cc2c(NCC(=O)O)cccc2n1CC(F)(F)F. The van der Waals surface area contributed by atoms with E-state index in [-0.39, 0.29) is 6.54 Å². The Hall–Kier alpha value is -2.18. The Morgan fingerprint density at radius 3 is 2.70 bits per heavy atom. The number of fused-ring (bicyclic) bond motifs is 1. The van der Waals surface area contributed by atoms with Crippen LogP contribution in [0.1, 0.15) is 5.69 Å². The van der Waals surface area contributed by atoms with Gasteiger partial charge >= 0.3 is 12.1 Å². The summed E-state index contributed by atoms with van der Waals surface area (Å²) < 4.78 is 38.9. The van der Waals surface area contributed by atoms with Crippen LogP contribution in [-0.4, -0.2) is 28.4 Å². The molecule has 4 nitrogen and oxygen atoms in total. The molecule has 2 aromatic rings. The second kappa shape index (κ2) is 5.07. The molecule has 0 saturated heterocycles. The van der Waals surface area contributed by atoms with Gasteiger partial charge < -0.3 is 15.0 Å². The van der Waals surface area contributed by atoms with Gasteiger partial charge in [-0.05, 0) is 25.1 Å². The highest BCUT2D eigenvalue weighted by Gasteiger charge is 2.29. The van der Waals surface area contributed by atoms with Crippen LogP contribution in [0.3, 0.4) is 0 Å². The molecule has 0 aliphatic heterocycles. The van der Waals surface area contributed by atoms with E-state index in [2.05, 4.69) is 5.32 Å². The normalized spacial score (nSPS) is 11.8. The molecule has 20 heavy (non-hydrogen) atoms. The summed E-state index contributed by atoms with van der Waals surface area (Å²) in [5, 5.41) is 11.9. The standard InChI is InChI=1S/C13H13F3N2O2/c1-8-5-9-10(17-6-12(19)20)3-2-4-11(9)18(8)7-13(14,15)16/h2-5,17H,6-7H2,1H3,(H,19,20). The van der Waals surface area contributed by atoms with Crippen molar-refractivity contribution in [1.82, 2.24) is 4.57 Å². The van der Waals surface area contributed by atoms with Crippen molar-refractivity contribution in [3.63, 3.8) is 0 Å². The second-order valence-electron chi connectivity index (χ2n) is 4.47. The van der Waals surface area contributed by atoms with Crippen molar-refractivity contribution in [3.8, 4) is 0 Å². The highest BCUT2D eigenvalue weighted by atomic mass is 19.4. The summed E-state index contributed by atoms with van der Waals surface area (Å²) in [5.41, 5.74) is 1.41. The quantitative estimate of drug-likeness (QED) is 0.908. The van der Waals surface area contributed by atoms with Crippen LogP contribution >= 0.6 is 0 Å². The lowest BCUT2D eigenvalue weighted by Gasteiger charge is -2.12. The van der Waals surface area contributed by atoms with E-state index in [4.69, 9.17) is 5.11 Å². The molecule has 108 valence electrons. The van der Waals surface area contributed by atoms with Crippen LogP contribution in [0, 0.1) is 6.92 Å². The highest BCUT2D eigenvalue weighted by Crippen LogP contribution is 2.29. The molecule has 1 heterocycles. The van der Waals surface area contributed by atoms with Gasteiger partial charge in [-0.15, -0.1) is 0 Å². The van der Waals surface area contributed by atoms with Crippen LogP contribution in [0.15, 0.2) is 24.3 Å². The van der Waals surface area contributed by atoms with Gasteiger partial charge in [-0.2, -0.15) is 13.2 Å². The van der Waals surface area contributed by atoms with Gasteiger partial charge in [0.1, 0.15) is 13.1 Å². The monoisotopic (exact) mass is 286 g/mol. The second-order valence-corrected chi connectivity index (χ2v) is 4.47. The molecule has 0 atom stereocenters. The number of nitrogens with one attached hydrogen (secondary N) is 1. The van der Waals surface area contributed by atoms with Crippen molar-refractivity contribution in [2.75, 3.05) is 11.9 Å². The lowest BCUT2D eigenvalue weighted by molar-refractivity contribution is -0.140. The van der Waals surface area contributed by atoms with Gasteiger partial charge in [0, 0.05) is 16.8 Å². The molecule has 0 unspecified atom stereocenters. The van der Waals surface area contributed by atoms with Crippen LogP contribution in [0.25, 0.3) is 10.9 Å². The number of benzene rings is 1. The summed E-state index contributed by atoms with van der Waals surface area (Å²) in [4.78, 5) is 10.6. The molecule has 0 spiro atoms. The molecular weight excluding hydrogens is 273 g/mol. The van der Waals surface area contributed by atoms with Crippen LogP contribution < -0.4 is 5.32 Å². The van der Waals surface area contributed by atoms with Gasteiger partial charge in [-0.3, -0.25) is 4.79 Å². The van der Waals surface area contributed by atoms with Crippen molar-refractivity contribution in [1.29, 1.82) is 0 Å². The van der Waals surface area contributed by atoms with Crippen LogP contribution in [0.2, 0.25) is 0 Å². The predicted molar refractivity (Wildman–Crippen MR) is 68.9 cm³/mol. The number of anilines is 1. The molecule has 2 rings (SSSR count). The number of aryl methyl sites for hydroxylation is 1. The number of alkyl halides is 3. The topological polar surface area (TPSA) is 54.3 Å². The van der Waals surface area contributed by atoms with E-state index in [9.17, 15) is 18.0 Å².